The van der Waals surface area contributed by atoms with Gasteiger partial charge in [-0.05, 0) is 81.8 Å². The Balaban J connectivity index is 1.79. The third-order valence-electron chi connectivity index (χ3n) is 20.3. The average molecular weight is 1610 g/mol. The highest BCUT2D eigenvalue weighted by atomic mass is 33.1. The number of fused-ring (bicyclic) bond motifs is 6. The summed E-state index contributed by atoms with van der Waals surface area (Å²) in [6, 6.07) is -3.39. The molecule has 3 heterocycles. The second kappa shape index (κ2) is 46.4. The molecule has 13 amide bonds. The smallest absolute Gasteiger partial charge is 0.331 e. The molecular formula is C76H116N14O20S2. The number of benzene rings is 2. The van der Waals surface area contributed by atoms with E-state index in [1.54, 1.807) is 95.3 Å². The van der Waals surface area contributed by atoms with E-state index in [0.717, 1.165) is 26.5 Å². The van der Waals surface area contributed by atoms with Crippen LogP contribution in [0, 0.1) is 17.8 Å². The van der Waals surface area contributed by atoms with Gasteiger partial charge in [-0.2, -0.15) is 0 Å². The van der Waals surface area contributed by atoms with E-state index >= 15 is 24.0 Å². The van der Waals surface area contributed by atoms with Crippen molar-refractivity contribution in [2.45, 2.75) is 250 Å². The number of amides is 13. The number of aliphatic hydroxyl groups excluding tert-OH is 3. The molecule has 36 heteroatoms. The number of nitrogens with one attached hydrogen (secondary N) is 12. The molecule has 2 bridgehead atoms. The molecule has 3 saturated heterocycles. The van der Waals surface area contributed by atoms with Crippen molar-refractivity contribution in [2.24, 2.45) is 17.8 Å². The maximum atomic E-state index is 15.6. The highest BCUT2D eigenvalue weighted by molar-refractivity contribution is 8.76. The van der Waals surface area contributed by atoms with Gasteiger partial charge in [0, 0.05) is 57.9 Å². The quantitative estimate of drug-likeness (QED) is 0.0322. The molecule has 0 aromatic heterocycles. The van der Waals surface area contributed by atoms with Crippen LogP contribution in [0.25, 0.3) is 0 Å². The van der Waals surface area contributed by atoms with Crippen molar-refractivity contribution in [2.75, 3.05) is 38.8 Å². The zero-order valence-electron chi connectivity index (χ0n) is 65.9. The van der Waals surface area contributed by atoms with Crippen molar-refractivity contribution < 1.29 is 97.0 Å². The lowest BCUT2D eigenvalue weighted by Gasteiger charge is -2.35. The second-order valence-corrected chi connectivity index (χ2v) is 31.5. The fourth-order valence-electron chi connectivity index (χ4n) is 12.6. The lowest BCUT2D eigenvalue weighted by molar-refractivity contribution is -0.158. The summed E-state index contributed by atoms with van der Waals surface area (Å²) in [7, 11) is 4.30. The highest BCUT2D eigenvalue weighted by Gasteiger charge is 2.45. The Morgan fingerprint density at radius 1 is 0.634 bits per heavy atom. The van der Waals surface area contributed by atoms with Crippen molar-refractivity contribution in [1.29, 1.82) is 0 Å². The molecule has 5 rings (SSSR count). The Bertz CT molecular complexity index is 3550. The van der Waals surface area contributed by atoms with Crippen molar-refractivity contribution in [3.63, 3.8) is 0 Å². The molecule has 622 valence electrons. The van der Waals surface area contributed by atoms with Gasteiger partial charge >= 0.3 is 5.97 Å². The third kappa shape index (κ3) is 28.4. The molecule has 1 unspecified atom stereocenters. The van der Waals surface area contributed by atoms with Crippen LogP contribution >= 0.6 is 21.6 Å². The van der Waals surface area contributed by atoms with Gasteiger partial charge in [0.05, 0.1) is 30.5 Å². The first-order valence-electron chi connectivity index (χ1n) is 38.2. The summed E-state index contributed by atoms with van der Waals surface area (Å²) >= 11 is 0. The molecule has 0 aliphatic carbocycles. The first-order valence-corrected chi connectivity index (χ1v) is 40.7. The van der Waals surface area contributed by atoms with Crippen LogP contribution in [0.2, 0.25) is 0 Å². The minimum atomic E-state index is -2.01. The molecule has 16 N–H and O–H groups in total. The van der Waals surface area contributed by atoms with Crippen molar-refractivity contribution in [1.82, 2.24) is 73.6 Å². The van der Waals surface area contributed by atoms with E-state index in [-0.39, 0.29) is 81.3 Å². The topological polar surface area (TPSA) is 489 Å². The number of hydrogen-bond acceptors (Lipinski definition) is 23. The Labute approximate surface area is 662 Å². The summed E-state index contributed by atoms with van der Waals surface area (Å²) in [5, 5.41) is 74.2. The predicted molar refractivity (Wildman–Crippen MR) is 416 cm³/mol. The number of rotatable bonds is 20. The summed E-state index contributed by atoms with van der Waals surface area (Å²) in [5.74, 6) is -15.6. The number of carbonyl (C=O) groups excluding carboxylic acids is 14. The van der Waals surface area contributed by atoms with Gasteiger partial charge in [-0.25, -0.2) is 4.79 Å². The molecule has 2 aromatic rings. The van der Waals surface area contributed by atoms with Crippen LogP contribution in [0.5, 0.6) is 0 Å². The fraction of sp³-hybridized carbons (Fsp3) is 0.632. The van der Waals surface area contributed by atoms with E-state index in [0.29, 0.717) is 24.0 Å². The largest absolute Gasteiger partial charge is 0.458 e. The van der Waals surface area contributed by atoms with Crippen molar-refractivity contribution in [3.8, 4) is 0 Å². The molecular weight excluding hydrogens is 1490 g/mol. The summed E-state index contributed by atoms with van der Waals surface area (Å²) in [6.07, 6.45) is -6.76. The van der Waals surface area contributed by atoms with E-state index in [4.69, 9.17) is 9.47 Å². The monoisotopic (exact) mass is 1610 g/mol. The van der Waals surface area contributed by atoms with Gasteiger partial charge in [0.25, 0.3) is 5.91 Å². The van der Waals surface area contributed by atoms with Crippen LogP contribution in [-0.2, 0) is 89.4 Å². The number of aliphatic hydroxyl groups is 4. The number of nitrogens with zero attached hydrogens (tertiary/aromatic N) is 2. The maximum Gasteiger partial charge on any atom is 0.331 e. The summed E-state index contributed by atoms with van der Waals surface area (Å²) in [4.78, 5) is 209. The SMILES string of the molecule is C=C1NC(=O)[C@H]([C@@H](C)CC)NC(=O)[C@@H]2CSSC[C@H](NC(=O)CCC(O)O)C(=O)N[C@H](Cc3ccccc3)C(=O)N[C@H](C)C(O)N[C@@H](C[C@@H](C)CC)C(=O)N[C@@H](C(=O)N[C@H](Cc3ccccc3)C(=O)N3CCC[C@H]3C(=O)N2)[C@@H](C)OC(=O)[C@H](CO)NC(=O)[C@H]([C@@H](C)OC)N(C)C(=O)[C@@H](CC)NC(=O)[C@H](C[C@H](C)CC)NC1=O. The van der Waals surface area contributed by atoms with E-state index in [2.05, 4.69) is 70.4 Å². The van der Waals surface area contributed by atoms with Crippen LogP contribution in [0.15, 0.2) is 72.9 Å². The fourth-order valence-corrected chi connectivity index (χ4v) is 15.0. The molecule has 3 fully saturated rings. The van der Waals surface area contributed by atoms with E-state index in [1.165, 1.54) is 39.8 Å². The van der Waals surface area contributed by atoms with Gasteiger partial charge in [0.2, 0.25) is 70.9 Å². The summed E-state index contributed by atoms with van der Waals surface area (Å²) < 4.78 is 11.5. The zero-order chi connectivity index (χ0) is 83.2. The Hall–Kier alpha value is -8.78. The molecule has 0 radical (unpaired) electrons. The van der Waals surface area contributed by atoms with Gasteiger partial charge in [0.1, 0.15) is 72.8 Å². The molecule has 3 aliphatic rings. The molecule has 0 saturated carbocycles. The molecule has 112 heavy (non-hydrogen) atoms. The lowest BCUT2D eigenvalue weighted by atomic mass is 9.97. The standard InChI is InChI=1S/C76H116N14O20S2/c1-14-40(5)33-50-66(98)80-49(17-4)74(106)89(12)62(46(11)109-13)73(105)85-54(37-91)76(108)110-45(10)61-72(104)84-53(36-48-27-22-19-23-28-48)75(107)90-32-24-29-57(90)70(102)86-56(69(101)87-60(42(7)16-3)71(103)78-44(9)64(96)81-50)39-112-111-38-55(79-58(92)30-31-59(93)94)68(100)83-52(35-47-25-20-18-21-26-47)65(97)77-43(8)63(95)82-51(67(99)88-61)34-41(6)15-2/h18-23,25-28,40-43,45-46,49-57,59-63,82,91,93-95H,9,14-17,24,29-39H2,1-8,10-13H3,(H,77,97)(H,78,103)(H,79,92)(H,80,98)(H,81,96)(H,83,100)(H,84,104)(H,85,105)(H,86,102)(H,87,101)(H,88,99)/t40-,41+,42+,43-,45-,46-,49-,50+,51+,52-,53-,54+,55+,56+,57+,60+,61-,62+,63?/m1/s1. The van der Waals surface area contributed by atoms with E-state index in [9.17, 15) is 63.6 Å². The van der Waals surface area contributed by atoms with Gasteiger partial charge < -0.3 is 98.2 Å². The number of cyclic esters (lactones) is 1. The Morgan fingerprint density at radius 3 is 1.78 bits per heavy atom. The van der Waals surface area contributed by atoms with Gasteiger partial charge in [-0.3, -0.25) is 67.6 Å². The highest BCUT2D eigenvalue weighted by Crippen LogP contribution is 2.27. The van der Waals surface area contributed by atoms with Crippen LogP contribution < -0.4 is 63.8 Å². The van der Waals surface area contributed by atoms with Crippen LogP contribution in [0.4, 0.5) is 0 Å². The van der Waals surface area contributed by atoms with E-state index in [1.807, 2.05) is 13.8 Å². The van der Waals surface area contributed by atoms with Crippen molar-refractivity contribution >= 4 is 104 Å². The average Bonchev–Trinajstić information content (AvgIpc) is 1.43. The number of esters is 1. The second-order valence-electron chi connectivity index (χ2n) is 29.0. The van der Waals surface area contributed by atoms with Crippen LogP contribution in [-0.4, -0.2) is 255 Å². The molecule has 3 aliphatic heterocycles. The lowest BCUT2D eigenvalue weighted by Crippen LogP contribution is -2.63. The third-order valence-corrected chi connectivity index (χ3v) is 22.7. The Morgan fingerprint density at radius 2 is 1.20 bits per heavy atom. The summed E-state index contributed by atoms with van der Waals surface area (Å²) in [5.41, 5.74) is 0.462. The number of carbonyl (C=O) groups is 14. The predicted octanol–water partition coefficient (Wildman–Crippen LogP) is -1.15. The van der Waals surface area contributed by atoms with E-state index < -0.39 is 217 Å². The molecule has 19 atom stereocenters. The number of ether oxygens (including phenoxy) is 2. The van der Waals surface area contributed by atoms with Crippen molar-refractivity contribution in [3.05, 3.63) is 84.1 Å². The first-order chi connectivity index (χ1) is 53.1. The number of likely N-dealkylation sites (N-methyl/N-ethyl adjacent to an activating group) is 1. The van der Waals surface area contributed by atoms with Crippen LogP contribution in [0.3, 0.4) is 0 Å². The summed E-state index contributed by atoms with van der Waals surface area (Å²) in [6.45, 7) is 18.7. The normalized spacial score (nSPS) is 28.3. The zero-order valence-corrected chi connectivity index (χ0v) is 67.5. The molecule has 2 aromatic carbocycles. The Kier molecular flexibility index (Phi) is 38.9. The number of methoxy groups -OCH3 is 1. The maximum absolute atomic E-state index is 15.6. The van der Waals surface area contributed by atoms with Gasteiger partial charge in [-0.15, -0.1) is 0 Å². The van der Waals surface area contributed by atoms with Gasteiger partial charge in [-0.1, -0.05) is 157 Å². The van der Waals surface area contributed by atoms with Crippen LogP contribution in [0.1, 0.15) is 145 Å². The minimum absolute atomic E-state index is 0.00192. The number of hydrogen-bond donors (Lipinski definition) is 16. The molecule has 0 spiro atoms. The van der Waals surface area contributed by atoms with Gasteiger partial charge in [0.15, 0.2) is 12.3 Å². The minimum Gasteiger partial charge on any atom is -0.458 e. The molecule has 34 nitrogen and oxygen atoms in total. The first kappa shape index (κ1) is 93.8.